The highest BCUT2D eigenvalue weighted by Crippen LogP contribution is 2.46. The molecule has 0 saturated heterocycles. The van der Waals surface area contributed by atoms with E-state index in [-0.39, 0.29) is 5.41 Å². The van der Waals surface area contributed by atoms with Crippen LogP contribution in [-0.4, -0.2) is 4.98 Å². The molecule has 0 aliphatic rings. The third kappa shape index (κ3) is 3.69. The predicted octanol–water partition coefficient (Wildman–Crippen LogP) is 9.53. The van der Waals surface area contributed by atoms with Gasteiger partial charge in [0.05, 0.1) is 5.69 Å². The fraction of sp³-hybridized carbons (Fsp3) is 0.156. The second kappa shape index (κ2) is 8.07. The molecule has 0 spiro atoms. The van der Waals surface area contributed by atoms with Gasteiger partial charge in [-0.15, -0.1) is 11.3 Å². The van der Waals surface area contributed by atoms with Gasteiger partial charge < -0.3 is 0 Å². The second-order valence-electron chi connectivity index (χ2n) is 10.3. The Bertz CT molecular complexity index is 1650. The van der Waals surface area contributed by atoms with Gasteiger partial charge >= 0.3 is 0 Å². The lowest BCUT2D eigenvalue weighted by Crippen LogP contribution is -2.09. The summed E-state index contributed by atoms with van der Waals surface area (Å²) in [6, 6.07) is 33.0. The van der Waals surface area contributed by atoms with Gasteiger partial charge in [0.15, 0.2) is 0 Å². The normalized spacial score (nSPS) is 12.1. The Morgan fingerprint density at radius 3 is 2.29 bits per heavy atom. The number of aromatic nitrogens is 1. The van der Waals surface area contributed by atoms with Crippen molar-refractivity contribution in [3.8, 4) is 22.4 Å². The lowest BCUT2D eigenvalue weighted by atomic mass is 9.88. The zero-order valence-corrected chi connectivity index (χ0v) is 20.6. The smallest absolute Gasteiger partial charge is 0.0719 e. The van der Waals surface area contributed by atoms with Crippen LogP contribution in [0.4, 0.5) is 0 Å². The first-order chi connectivity index (χ1) is 16.5. The van der Waals surface area contributed by atoms with Crippen molar-refractivity contribution in [1.82, 2.24) is 4.98 Å². The minimum Gasteiger partial charge on any atom is -0.256 e. The Hall–Kier alpha value is -3.49. The van der Waals surface area contributed by atoms with Gasteiger partial charge in [-0.3, -0.25) is 4.98 Å². The molecule has 0 aliphatic heterocycles. The van der Waals surface area contributed by atoms with E-state index >= 15 is 0 Å². The zero-order valence-electron chi connectivity index (χ0n) is 19.8. The highest BCUT2D eigenvalue weighted by molar-refractivity contribution is 7.27. The Balaban J connectivity index is 1.66. The highest BCUT2D eigenvalue weighted by atomic mass is 32.1. The van der Waals surface area contributed by atoms with Crippen LogP contribution in [0.1, 0.15) is 26.3 Å². The first-order valence-corrected chi connectivity index (χ1v) is 12.7. The topological polar surface area (TPSA) is 12.9 Å². The average Bonchev–Trinajstić information content (AvgIpc) is 3.23. The van der Waals surface area contributed by atoms with Crippen molar-refractivity contribution in [2.45, 2.75) is 27.2 Å². The zero-order chi connectivity index (χ0) is 23.3. The van der Waals surface area contributed by atoms with Crippen molar-refractivity contribution >= 4 is 42.3 Å². The SMILES string of the molecule is CC(C)(C)Cc1ccnc(-c2cccc3c2sc2c4ccccc4cc(-c4ccccc4)c32)c1. The lowest BCUT2D eigenvalue weighted by Gasteiger charge is -2.18. The fourth-order valence-electron chi connectivity index (χ4n) is 5.02. The maximum atomic E-state index is 4.81. The van der Waals surface area contributed by atoms with Crippen molar-refractivity contribution in [3.05, 3.63) is 103 Å². The fourth-order valence-corrected chi connectivity index (χ4v) is 6.41. The molecule has 2 heteroatoms. The van der Waals surface area contributed by atoms with E-state index in [0.717, 1.165) is 12.1 Å². The molecule has 6 rings (SSSR count). The van der Waals surface area contributed by atoms with E-state index in [1.807, 2.05) is 17.5 Å². The Morgan fingerprint density at radius 1 is 0.706 bits per heavy atom. The molecule has 0 unspecified atom stereocenters. The molecule has 2 heterocycles. The molecule has 166 valence electrons. The van der Waals surface area contributed by atoms with Crippen LogP contribution < -0.4 is 0 Å². The van der Waals surface area contributed by atoms with Crippen molar-refractivity contribution in [1.29, 1.82) is 0 Å². The quantitative estimate of drug-likeness (QED) is 0.258. The van der Waals surface area contributed by atoms with Crippen molar-refractivity contribution in [3.63, 3.8) is 0 Å². The van der Waals surface area contributed by atoms with Gasteiger partial charge in [-0.1, -0.05) is 93.6 Å². The summed E-state index contributed by atoms with van der Waals surface area (Å²) in [5.74, 6) is 0. The maximum absolute atomic E-state index is 4.81. The van der Waals surface area contributed by atoms with Gasteiger partial charge in [0.2, 0.25) is 0 Å². The first kappa shape index (κ1) is 21.1. The molecule has 0 radical (unpaired) electrons. The Kier molecular flexibility index (Phi) is 5.00. The van der Waals surface area contributed by atoms with Crippen molar-refractivity contribution < 1.29 is 0 Å². The van der Waals surface area contributed by atoms with Crippen molar-refractivity contribution in [2.75, 3.05) is 0 Å². The number of nitrogens with zero attached hydrogens (tertiary/aromatic N) is 1. The second-order valence-corrected chi connectivity index (χ2v) is 11.3. The number of hydrogen-bond donors (Lipinski definition) is 0. The molecule has 1 nitrogen and oxygen atoms in total. The monoisotopic (exact) mass is 457 g/mol. The summed E-state index contributed by atoms with van der Waals surface area (Å²) < 4.78 is 2.66. The van der Waals surface area contributed by atoms with E-state index in [0.29, 0.717) is 0 Å². The molecular formula is C32H27NS. The Labute approximate surface area is 204 Å². The average molecular weight is 458 g/mol. The molecule has 4 aromatic carbocycles. The number of pyridine rings is 1. The van der Waals surface area contributed by atoms with Gasteiger partial charge in [-0.05, 0) is 57.5 Å². The third-order valence-corrected chi connectivity index (χ3v) is 7.68. The van der Waals surface area contributed by atoms with Crippen LogP contribution in [-0.2, 0) is 6.42 Å². The minimum atomic E-state index is 0.242. The Morgan fingerprint density at radius 2 is 1.47 bits per heavy atom. The van der Waals surface area contributed by atoms with E-state index in [2.05, 4.69) is 112 Å². The van der Waals surface area contributed by atoms with Gasteiger partial charge in [0.25, 0.3) is 0 Å². The molecular weight excluding hydrogens is 430 g/mol. The summed E-state index contributed by atoms with van der Waals surface area (Å²) in [6.07, 6.45) is 3.00. The minimum absolute atomic E-state index is 0.242. The molecule has 0 atom stereocenters. The van der Waals surface area contributed by atoms with Gasteiger partial charge in [0, 0.05) is 31.9 Å². The highest BCUT2D eigenvalue weighted by Gasteiger charge is 2.18. The van der Waals surface area contributed by atoms with Crippen LogP contribution in [0, 0.1) is 5.41 Å². The summed E-state index contributed by atoms with van der Waals surface area (Å²) in [4.78, 5) is 4.81. The molecule has 0 fully saturated rings. The van der Waals surface area contributed by atoms with E-state index in [4.69, 9.17) is 4.98 Å². The molecule has 0 saturated carbocycles. The summed E-state index contributed by atoms with van der Waals surface area (Å²) in [5, 5.41) is 5.26. The number of hydrogen-bond acceptors (Lipinski definition) is 2. The molecule has 6 aromatic rings. The van der Waals surface area contributed by atoms with Gasteiger partial charge in [0.1, 0.15) is 0 Å². The maximum Gasteiger partial charge on any atom is 0.0719 e. The number of thiophene rings is 1. The summed E-state index contributed by atoms with van der Waals surface area (Å²) in [7, 11) is 0. The standard InChI is InChI=1S/C32H27NS/c1-32(2,3)20-21-16-17-33-28(18-21)25-14-9-15-26-29-27(22-10-5-4-6-11-22)19-23-12-7-8-13-24(23)31(29)34-30(25)26/h4-19H,20H2,1-3H3. The lowest BCUT2D eigenvalue weighted by molar-refractivity contribution is 0.411. The number of benzene rings is 4. The van der Waals surface area contributed by atoms with Gasteiger partial charge in [-0.25, -0.2) is 0 Å². The van der Waals surface area contributed by atoms with E-state index < -0.39 is 0 Å². The van der Waals surface area contributed by atoms with Crippen LogP contribution in [0.15, 0.2) is 97.2 Å². The molecule has 0 N–H and O–H groups in total. The van der Waals surface area contributed by atoms with Crippen LogP contribution in [0.25, 0.3) is 53.3 Å². The van der Waals surface area contributed by atoms with Crippen LogP contribution >= 0.6 is 11.3 Å². The number of rotatable bonds is 3. The summed E-state index contributed by atoms with van der Waals surface area (Å²) >= 11 is 1.90. The van der Waals surface area contributed by atoms with E-state index in [1.54, 1.807) is 0 Å². The molecule has 0 bridgehead atoms. The number of fused-ring (bicyclic) bond motifs is 5. The van der Waals surface area contributed by atoms with Crippen LogP contribution in [0.3, 0.4) is 0 Å². The van der Waals surface area contributed by atoms with E-state index in [9.17, 15) is 0 Å². The predicted molar refractivity (Wildman–Crippen MR) is 149 cm³/mol. The third-order valence-electron chi connectivity index (χ3n) is 6.41. The molecule has 34 heavy (non-hydrogen) atoms. The molecule has 0 aliphatic carbocycles. The van der Waals surface area contributed by atoms with Crippen LogP contribution in [0.2, 0.25) is 0 Å². The largest absolute Gasteiger partial charge is 0.256 e. The first-order valence-electron chi connectivity index (χ1n) is 11.9. The summed E-state index contributed by atoms with van der Waals surface area (Å²) in [6.45, 7) is 6.86. The van der Waals surface area contributed by atoms with E-state index in [1.165, 1.54) is 53.2 Å². The van der Waals surface area contributed by atoms with Crippen molar-refractivity contribution in [2.24, 2.45) is 5.41 Å². The summed E-state index contributed by atoms with van der Waals surface area (Å²) in [5.41, 5.74) is 6.42. The van der Waals surface area contributed by atoms with Crippen LogP contribution in [0.5, 0.6) is 0 Å². The van der Waals surface area contributed by atoms with Gasteiger partial charge in [-0.2, -0.15) is 0 Å². The molecule has 0 amide bonds. The molecule has 2 aromatic heterocycles.